The van der Waals surface area contributed by atoms with Crippen LogP contribution < -0.4 is 15.4 Å². The number of anilines is 1. The van der Waals surface area contributed by atoms with Gasteiger partial charge >= 0.3 is 0 Å². The van der Waals surface area contributed by atoms with Crippen molar-refractivity contribution in [2.75, 3.05) is 25.5 Å². The highest BCUT2D eigenvalue weighted by molar-refractivity contribution is 5.94. The van der Waals surface area contributed by atoms with Crippen LogP contribution in [0.3, 0.4) is 0 Å². The summed E-state index contributed by atoms with van der Waals surface area (Å²) in [5.74, 6) is 2.11. The number of rotatable bonds is 9. The Balaban J connectivity index is 1.83. The molecule has 0 aliphatic carbocycles. The molecule has 0 aliphatic rings. The molecule has 1 aromatic heterocycles. The molecule has 2 N–H and O–H groups in total. The number of carbonyl (C=O) groups excluding carboxylic acids is 1. The number of hydrogen-bond donors (Lipinski definition) is 2. The van der Waals surface area contributed by atoms with Gasteiger partial charge in [0.1, 0.15) is 11.6 Å². The van der Waals surface area contributed by atoms with Crippen LogP contribution in [0.1, 0.15) is 36.2 Å². The third-order valence-electron chi connectivity index (χ3n) is 3.88. The van der Waals surface area contributed by atoms with Crippen molar-refractivity contribution in [3.8, 4) is 5.75 Å². The van der Waals surface area contributed by atoms with Crippen LogP contribution in [-0.4, -0.2) is 31.1 Å². The summed E-state index contributed by atoms with van der Waals surface area (Å²) in [6.07, 6.45) is 3.49. The fourth-order valence-corrected chi connectivity index (χ4v) is 2.41. The molecule has 0 unspecified atom stereocenters. The zero-order valence-corrected chi connectivity index (χ0v) is 15.2. The number of nitrogens with one attached hydrogen (secondary N) is 2. The Kier molecular flexibility index (Phi) is 7.26. The lowest BCUT2D eigenvalue weighted by atomic mass is 10.1. The SMILES string of the molecule is COc1cccc(CCNC(=O)c2ccnc(NCCC(C)C)c2)c1. The van der Waals surface area contributed by atoms with E-state index in [1.54, 1.807) is 25.4 Å². The van der Waals surface area contributed by atoms with Crippen LogP contribution in [0.2, 0.25) is 0 Å². The van der Waals surface area contributed by atoms with Gasteiger partial charge in [-0.25, -0.2) is 4.98 Å². The van der Waals surface area contributed by atoms with Crippen molar-refractivity contribution in [1.82, 2.24) is 10.3 Å². The molecule has 0 saturated carbocycles. The number of benzene rings is 1. The number of hydrogen-bond acceptors (Lipinski definition) is 4. The van der Waals surface area contributed by atoms with Gasteiger partial charge in [-0.3, -0.25) is 4.79 Å². The van der Waals surface area contributed by atoms with E-state index in [-0.39, 0.29) is 5.91 Å². The molecule has 1 amide bonds. The van der Waals surface area contributed by atoms with E-state index in [1.807, 2.05) is 24.3 Å². The Morgan fingerprint density at radius 2 is 2.04 bits per heavy atom. The van der Waals surface area contributed by atoms with E-state index >= 15 is 0 Å². The van der Waals surface area contributed by atoms with Crippen molar-refractivity contribution in [3.05, 3.63) is 53.7 Å². The molecule has 134 valence electrons. The first-order valence-corrected chi connectivity index (χ1v) is 8.69. The van der Waals surface area contributed by atoms with E-state index in [9.17, 15) is 4.79 Å². The lowest BCUT2D eigenvalue weighted by Crippen LogP contribution is -2.25. The summed E-state index contributed by atoms with van der Waals surface area (Å²) in [5.41, 5.74) is 1.75. The van der Waals surface area contributed by atoms with Gasteiger partial charge in [-0.15, -0.1) is 0 Å². The molecule has 0 aliphatic heterocycles. The van der Waals surface area contributed by atoms with E-state index in [4.69, 9.17) is 4.74 Å². The molecule has 0 atom stereocenters. The maximum absolute atomic E-state index is 12.3. The second-order valence-corrected chi connectivity index (χ2v) is 6.40. The van der Waals surface area contributed by atoms with Crippen LogP contribution in [-0.2, 0) is 6.42 Å². The Hall–Kier alpha value is -2.56. The number of aromatic nitrogens is 1. The van der Waals surface area contributed by atoms with Crippen LogP contribution in [0.15, 0.2) is 42.6 Å². The molecule has 1 heterocycles. The highest BCUT2D eigenvalue weighted by Crippen LogP contribution is 2.13. The molecular weight excluding hydrogens is 314 g/mol. The topological polar surface area (TPSA) is 63.2 Å². The highest BCUT2D eigenvalue weighted by atomic mass is 16.5. The maximum Gasteiger partial charge on any atom is 0.251 e. The monoisotopic (exact) mass is 341 g/mol. The summed E-state index contributed by atoms with van der Waals surface area (Å²) in [6, 6.07) is 11.4. The van der Waals surface area contributed by atoms with E-state index in [1.165, 1.54) is 0 Å². The Morgan fingerprint density at radius 3 is 2.80 bits per heavy atom. The van der Waals surface area contributed by atoms with Crippen molar-refractivity contribution in [2.24, 2.45) is 5.92 Å². The molecule has 0 bridgehead atoms. The van der Waals surface area contributed by atoms with Gasteiger partial charge in [0.2, 0.25) is 0 Å². The lowest BCUT2D eigenvalue weighted by molar-refractivity contribution is 0.0954. The van der Waals surface area contributed by atoms with Gasteiger partial charge in [-0.2, -0.15) is 0 Å². The van der Waals surface area contributed by atoms with Gasteiger partial charge in [-0.1, -0.05) is 26.0 Å². The van der Waals surface area contributed by atoms with E-state index in [0.29, 0.717) is 18.0 Å². The molecule has 1 aromatic carbocycles. The van der Waals surface area contributed by atoms with Crippen molar-refractivity contribution in [3.63, 3.8) is 0 Å². The first-order chi connectivity index (χ1) is 12.1. The second-order valence-electron chi connectivity index (χ2n) is 6.40. The average molecular weight is 341 g/mol. The molecule has 25 heavy (non-hydrogen) atoms. The smallest absolute Gasteiger partial charge is 0.251 e. The number of pyridine rings is 1. The molecule has 0 radical (unpaired) electrons. The van der Waals surface area contributed by atoms with Gasteiger partial charge in [0, 0.05) is 24.8 Å². The minimum Gasteiger partial charge on any atom is -0.497 e. The molecule has 0 fully saturated rings. The third-order valence-corrected chi connectivity index (χ3v) is 3.88. The van der Waals surface area contributed by atoms with Crippen LogP contribution in [0.25, 0.3) is 0 Å². The maximum atomic E-state index is 12.3. The van der Waals surface area contributed by atoms with Crippen LogP contribution in [0.4, 0.5) is 5.82 Å². The summed E-state index contributed by atoms with van der Waals surface area (Å²) in [5, 5.41) is 6.21. The zero-order valence-electron chi connectivity index (χ0n) is 15.2. The zero-order chi connectivity index (χ0) is 18.1. The number of nitrogens with zero attached hydrogens (tertiary/aromatic N) is 1. The van der Waals surface area contributed by atoms with Gasteiger partial charge < -0.3 is 15.4 Å². The Bertz CT molecular complexity index is 686. The molecule has 0 spiro atoms. The summed E-state index contributed by atoms with van der Waals surface area (Å²) in [4.78, 5) is 16.6. The highest BCUT2D eigenvalue weighted by Gasteiger charge is 2.07. The van der Waals surface area contributed by atoms with Crippen molar-refractivity contribution in [2.45, 2.75) is 26.7 Å². The molecule has 2 aromatic rings. The number of carbonyl (C=O) groups is 1. The largest absolute Gasteiger partial charge is 0.497 e. The fraction of sp³-hybridized carbons (Fsp3) is 0.400. The first kappa shape index (κ1) is 18.8. The quantitative estimate of drug-likeness (QED) is 0.732. The molecule has 5 heteroatoms. The molecule has 2 rings (SSSR count). The van der Waals surface area contributed by atoms with E-state index in [2.05, 4.69) is 29.5 Å². The standard InChI is InChI=1S/C20H27N3O2/c1-15(2)7-10-21-19-14-17(9-12-22-19)20(24)23-11-8-16-5-4-6-18(13-16)25-3/h4-6,9,12-15H,7-8,10-11H2,1-3H3,(H,21,22)(H,23,24). The van der Waals surface area contributed by atoms with Crippen LogP contribution in [0.5, 0.6) is 5.75 Å². The van der Waals surface area contributed by atoms with Crippen molar-refractivity contribution in [1.29, 1.82) is 0 Å². The molecule has 0 saturated heterocycles. The first-order valence-electron chi connectivity index (χ1n) is 8.69. The van der Waals surface area contributed by atoms with Crippen LogP contribution >= 0.6 is 0 Å². The van der Waals surface area contributed by atoms with Gasteiger partial charge in [0.15, 0.2) is 0 Å². The lowest BCUT2D eigenvalue weighted by Gasteiger charge is -2.10. The summed E-state index contributed by atoms with van der Waals surface area (Å²) in [6.45, 7) is 5.79. The predicted molar refractivity (Wildman–Crippen MR) is 101 cm³/mol. The van der Waals surface area contributed by atoms with Crippen LogP contribution in [0, 0.1) is 5.92 Å². The molecule has 5 nitrogen and oxygen atoms in total. The van der Waals surface area contributed by atoms with Gasteiger partial charge in [-0.05, 0) is 48.6 Å². The number of ether oxygens (including phenoxy) is 1. The normalized spacial score (nSPS) is 10.6. The third kappa shape index (κ3) is 6.45. The van der Waals surface area contributed by atoms with E-state index in [0.717, 1.165) is 36.5 Å². The fourth-order valence-electron chi connectivity index (χ4n) is 2.41. The average Bonchev–Trinajstić information content (AvgIpc) is 2.62. The summed E-state index contributed by atoms with van der Waals surface area (Å²) >= 11 is 0. The minimum absolute atomic E-state index is 0.0859. The minimum atomic E-state index is -0.0859. The van der Waals surface area contributed by atoms with Crippen molar-refractivity contribution < 1.29 is 9.53 Å². The number of methoxy groups -OCH3 is 1. The summed E-state index contributed by atoms with van der Waals surface area (Å²) < 4.78 is 5.21. The number of amides is 1. The van der Waals surface area contributed by atoms with Crippen molar-refractivity contribution >= 4 is 11.7 Å². The van der Waals surface area contributed by atoms with Gasteiger partial charge in [0.25, 0.3) is 5.91 Å². The summed E-state index contributed by atoms with van der Waals surface area (Å²) in [7, 11) is 1.65. The van der Waals surface area contributed by atoms with Gasteiger partial charge in [0.05, 0.1) is 7.11 Å². The Morgan fingerprint density at radius 1 is 1.20 bits per heavy atom. The second kappa shape index (κ2) is 9.67. The predicted octanol–water partition coefficient (Wildman–Crippen LogP) is 3.52. The van der Waals surface area contributed by atoms with E-state index < -0.39 is 0 Å². The Labute approximate surface area is 149 Å². The molecular formula is C20H27N3O2.